The molecule has 0 bridgehead atoms. The number of nitrogens with zero attached hydrogens (tertiary/aromatic N) is 1. The molecule has 0 unspecified atom stereocenters. The van der Waals surface area contributed by atoms with Gasteiger partial charge in [0, 0.05) is 13.1 Å². The molecule has 4 aliphatic rings. The molecule has 1 heterocycles. The van der Waals surface area contributed by atoms with Crippen molar-refractivity contribution in [2.75, 3.05) is 32.8 Å². The van der Waals surface area contributed by atoms with Crippen molar-refractivity contribution in [1.29, 1.82) is 0 Å². The highest BCUT2D eigenvalue weighted by Crippen LogP contribution is 2.60. The molecule has 254 valence electrons. The van der Waals surface area contributed by atoms with Gasteiger partial charge in [0.05, 0.1) is 25.4 Å². The summed E-state index contributed by atoms with van der Waals surface area (Å²) in [6, 6.07) is 0. The second-order valence-electron chi connectivity index (χ2n) is 18.5. The van der Waals surface area contributed by atoms with E-state index in [1.54, 1.807) is 11.1 Å². The molecule has 1 aliphatic heterocycles. The first kappa shape index (κ1) is 36.6. The van der Waals surface area contributed by atoms with E-state index >= 15 is 0 Å². The quantitative estimate of drug-likeness (QED) is 0.234. The first-order valence-electron chi connectivity index (χ1n) is 18.4. The van der Waals surface area contributed by atoms with E-state index in [0.717, 1.165) is 63.3 Å². The van der Waals surface area contributed by atoms with E-state index in [-0.39, 0.29) is 22.3 Å². The van der Waals surface area contributed by atoms with Crippen LogP contribution in [0, 0.1) is 23.2 Å². The lowest BCUT2D eigenvalue weighted by Gasteiger charge is -2.45. The second-order valence-corrected chi connectivity index (χ2v) is 28.0. The summed E-state index contributed by atoms with van der Waals surface area (Å²) in [4.78, 5) is 2.63. The van der Waals surface area contributed by atoms with E-state index in [1.165, 1.54) is 45.1 Å². The van der Waals surface area contributed by atoms with Crippen LogP contribution in [0.5, 0.6) is 0 Å². The minimum absolute atomic E-state index is 0.219. The third kappa shape index (κ3) is 8.61. The lowest BCUT2D eigenvalue weighted by molar-refractivity contribution is 0.0299. The van der Waals surface area contributed by atoms with Crippen LogP contribution in [0.1, 0.15) is 113 Å². The predicted octanol–water partition coefficient (Wildman–Crippen LogP) is 10.4. The van der Waals surface area contributed by atoms with Gasteiger partial charge in [-0.05, 0) is 124 Å². The molecule has 6 heteroatoms. The van der Waals surface area contributed by atoms with Crippen LogP contribution in [0.3, 0.4) is 0 Å². The van der Waals surface area contributed by atoms with Crippen LogP contribution in [-0.4, -0.2) is 66.6 Å². The first-order valence-corrected chi connectivity index (χ1v) is 24.2. The fraction of sp³-hybridized carbons (Fsp3) is 0.895. The lowest BCUT2D eigenvalue weighted by Crippen LogP contribution is -2.48. The molecule has 3 aliphatic carbocycles. The van der Waals surface area contributed by atoms with Crippen LogP contribution in [0.25, 0.3) is 0 Å². The summed E-state index contributed by atoms with van der Waals surface area (Å²) in [5, 5.41) is 0.438. The minimum atomic E-state index is -1.86. The van der Waals surface area contributed by atoms with E-state index in [0.29, 0.717) is 5.41 Å². The van der Waals surface area contributed by atoms with Crippen molar-refractivity contribution < 1.29 is 13.6 Å². The Morgan fingerprint density at radius 1 is 0.909 bits per heavy atom. The zero-order valence-corrected chi connectivity index (χ0v) is 33.1. The van der Waals surface area contributed by atoms with Crippen molar-refractivity contribution in [2.45, 2.75) is 162 Å². The van der Waals surface area contributed by atoms with Gasteiger partial charge in [0.15, 0.2) is 16.6 Å². The van der Waals surface area contributed by atoms with Crippen molar-refractivity contribution in [3.8, 4) is 0 Å². The SMILES string of the molecule is C[C@H](CCN1CCOCC1)[C@H]1CC[C@H]2/C(=C/C=C3C[C@@H](O[Si](C)(C)C(C)(C)C)C[C@H](O[Si](C)(C)C(C)(C)C)C3)CCC[C@]12C. The maximum atomic E-state index is 7.09. The molecule has 0 N–H and O–H groups in total. The summed E-state index contributed by atoms with van der Waals surface area (Å²) in [6.07, 6.45) is 17.0. The Morgan fingerprint density at radius 2 is 1.48 bits per heavy atom. The number of rotatable bonds is 9. The second kappa shape index (κ2) is 14.1. The monoisotopic (exact) mass is 645 g/mol. The molecular weight excluding hydrogens is 575 g/mol. The number of hydrogen-bond acceptors (Lipinski definition) is 4. The molecular formula is C38H71NO3Si2. The number of hydrogen-bond donors (Lipinski definition) is 0. The van der Waals surface area contributed by atoms with Crippen LogP contribution in [0.4, 0.5) is 0 Å². The van der Waals surface area contributed by atoms with Crippen LogP contribution < -0.4 is 0 Å². The topological polar surface area (TPSA) is 30.9 Å². The molecule has 0 amide bonds. The molecule has 3 saturated carbocycles. The van der Waals surface area contributed by atoms with Crippen molar-refractivity contribution in [3.05, 3.63) is 23.3 Å². The average molecular weight is 646 g/mol. The van der Waals surface area contributed by atoms with E-state index in [4.69, 9.17) is 13.6 Å². The third-order valence-corrected chi connectivity index (χ3v) is 22.4. The lowest BCUT2D eigenvalue weighted by atomic mass is 9.61. The van der Waals surface area contributed by atoms with Crippen molar-refractivity contribution >= 4 is 16.6 Å². The van der Waals surface area contributed by atoms with Gasteiger partial charge in [0.2, 0.25) is 0 Å². The van der Waals surface area contributed by atoms with Crippen LogP contribution in [0.15, 0.2) is 23.3 Å². The van der Waals surface area contributed by atoms with E-state index in [9.17, 15) is 0 Å². The fourth-order valence-corrected chi connectivity index (χ4v) is 11.2. The average Bonchev–Trinajstić information content (AvgIpc) is 3.27. The molecule has 0 aromatic rings. The van der Waals surface area contributed by atoms with Crippen LogP contribution in [0.2, 0.25) is 36.3 Å². The van der Waals surface area contributed by atoms with E-state index in [2.05, 4.69) is 98.6 Å². The van der Waals surface area contributed by atoms with Gasteiger partial charge in [-0.2, -0.15) is 0 Å². The summed E-state index contributed by atoms with van der Waals surface area (Å²) < 4.78 is 19.8. The van der Waals surface area contributed by atoms with Crippen LogP contribution in [-0.2, 0) is 13.6 Å². The van der Waals surface area contributed by atoms with Crippen molar-refractivity contribution in [2.24, 2.45) is 23.2 Å². The van der Waals surface area contributed by atoms with Crippen molar-refractivity contribution in [1.82, 2.24) is 4.90 Å². The van der Waals surface area contributed by atoms with E-state index in [1.807, 2.05) is 0 Å². The molecule has 0 aromatic carbocycles. The third-order valence-electron chi connectivity index (χ3n) is 13.3. The zero-order valence-electron chi connectivity index (χ0n) is 31.1. The minimum Gasteiger partial charge on any atom is -0.414 e. The highest BCUT2D eigenvalue weighted by Gasteiger charge is 2.50. The highest BCUT2D eigenvalue weighted by molar-refractivity contribution is 6.74. The molecule has 6 atom stereocenters. The molecule has 0 spiro atoms. The van der Waals surface area contributed by atoms with Gasteiger partial charge in [0.25, 0.3) is 0 Å². The van der Waals surface area contributed by atoms with Gasteiger partial charge in [-0.1, -0.05) is 78.7 Å². The Bertz CT molecular complexity index is 978. The Kier molecular flexibility index (Phi) is 11.7. The summed E-state index contributed by atoms with van der Waals surface area (Å²) in [5.41, 5.74) is 3.75. The molecule has 4 rings (SSSR count). The highest BCUT2D eigenvalue weighted by atomic mass is 28.4. The number of allylic oxidation sites excluding steroid dienone is 3. The van der Waals surface area contributed by atoms with Gasteiger partial charge in [-0.25, -0.2) is 0 Å². The summed E-state index contributed by atoms with van der Waals surface area (Å²) in [6.45, 7) is 34.4. The molecule has 0 radical (unpaired) electrons. The Morgan fingerprint density at radius 3 is 2.02 bits per heavy atom. The van der Waals surface area contributed by atoms with Gasteiger partial charge >= 0.3 is 0 Å². The fourth-order valence-electron chi connectivity index (χ4n) is 8.48. The Hall–Kier alpha value is -0.246. The van der Waals surface area contributed by atoms with E-state index < -0.39 is 16.6 Å². The Balaban J connectivity index is 1.49. The van der Waals surface area contributed by atoms with Gasteiger partial charge in [-0.15, -0.1) is 0 Å². The molecule has 0 aromatic heterocycles. The number of ether oxygens (including phenoxy) is 1. The largest absolute Gasteiger partial charge is 0.414 e. The Labute approximate surface area is 275 Å². The predicted molar refractivity (Wildman–Crippen MR) is 193 cm³/mol. The maximum Gasteiger partial charge on any atom is 0.192 e. The maximum absolute atomic E-state index is 7.09. The standard InChI is InChI=1S/C38H71NO3Si2/c1-29(19-21-39-22-24-40-25-23-39)34-17-18-35-31(14-13-20-38(34,35)8)16-15-30-26-32(41-43(9,10)36(2,3)4)28-33(27-30)42-44(11,12)37(5,6)7/h15-16,29,32-35H,13-14,17-28H2,1-12H3/b31-16+/t29-,32-,33-,34-,35+,38-/m1/s1. The van der Waals surface area contributed by atoms with Gasteiger partial charge < -0.3 is 13.6 Å². The number of morpholine rings is 1. The molecule has 4 fully saturated rings. The number of fused-ring (bicyclic) bond motifs is 1. The molecule has 44 heavy (non-hydrogen) atoms. The summed E-state index contributed by atoms with van der Waals surface area (Å²) >= 11 is 0. The first-order chi connectivity index (χ1) is 20.3. The normalized spacial score (nSPS) is 33.0. The molecule has 1 saturated heterocycles. The smallest absolute Gasteiger partial charge is 0.192 e. The molecule has 4 nitrogen and oxygen atoms in total. The summed E-state index contributed by atoms with van der Waals surface area (Å²) in [7, 11) is -3.72. The zero-order chi connectivity index (χ0) is 32.6. The van der Waals surface area contributed by atoms with Crippen LogP contribution >= 0.6 is 0 Å². The van der Waals surface area contributed by atoms with Gasteiger partial charge in [-0.3, -0.25) is 4.90 Å². The van der Waals surface area contributed by atoms with Gasteiger partial charge in [0.1, 0.15) is 0 Å². The summed E-state index contributed by atoms with van der Waals surface area (Å²) in [5.74, 6) is 2.40. The van der Waals surface area contributed by atoms with Crippen molar-refractivity contribution in [3.63, 3.8) is 0 Å².